The van der Waals surface area contributed by atoms with Crippen LogP contribution in [0.5, 0.6) is 0 Å². The molecule has 0 aliphatic carbocycles. The summed E-state index contributed by atoms with van der Waals surface area (Å²) >= 11 is 0. The van der Waals surface area contributed by atoms with E-state index in [-0.39, 0.29) is 5.75 Å². The average molecular weight is 300 g/mol. The molecule has 0 saturated heterocycles. The van der Waals surface area contributed by atoms with Crippen molar-refractivity contribution < 1.29 is 17.9 Å². The first kappa shape index (κ1) is 17.5. The maximum Gasteiger partial charge on any atom is 0.408 e. The fourth-order valence-corrected chi connectivity index (χ4v) is 2.15. The van der Waals surface area contributed by atoms with E-state index in [2.05, 4.69) is 5.32 Å². The maximum absolute atomic E-state index is 11.6. The first-order chi connectivity index (χ1) is 7.81. The van der Waals surface area contributed by atoms with Crippen molar-refractivity contribution in [2.75, 3.05) is 5.75 Å². The van der Waals surface area contributed by atoms with Gasteiger partial charge in [0.1, 0.15) is 5.60 Å². The zero-order chi connectivity index (χ0) is 14.6. The van der Waals surface area contributed by atoms with Crippen molar-refractivity contribution in [3.8, 4) is 0 Å². The molecule has 0 heterocycles. The van der Waals surface area contributed by atoms with E-state index in [1.807, 2.05) is 0 Å². The fourth-order valence-electron chi connectivity index (χ4n) is 1.33. The Labute approximate surface area is 114 Å². The van der Waals surface area contributed by atoms with Gasteiger partial charge in [-0.2, -0.15) is 0 Å². The van der Waals surface area contributed by atoms with Gasteiger partial charge < -0.3 is 10.1 Å². The predicted molar refractivity (Wildman–Crippen MR) is 72.3 cm³/mol. The summed E-state index contributed by atoms with van der Waals surface area (Å²) < 4.78 is 26.7. The monoisotopic (exact) mass is 299 g/mol. The minimum Gasteiger partial charge on any atom is -0.444 e. The highest BCUT2D eigenvalue weighted by atomic mass is 35.7. The van der Waals surface area contributed by atoms with E-state index >= 15 is 0 Å². The Kier molecular flexibility index (Phi) is 5.94. The number of rotatable bonds is 5. The van der Waals surface area contributed by atoms with Gasteiger partial charge >= 0.3 is 6.09 Å². The van der Waals surface area contributed by atoms with E-state index in [0.717, 1.165) is 0 Å². The molecule has 0 aliphatic rings. The summed E-state index contributed by atoms with van der Waals surface area (Å²) in [5.41, 5.74) is -1.09. The molecular formula is C11H22ClNO4S. The molecule has 5 nitrogen and oxygen atoms in total. The third-order valence-corrected chi connectivity index (χ3v) is 3.27. The first-order valence-corrected chi connectivity index (χ1v) is 8.22. The van der Waals surface area contributed by atoms with Crippen LogP contribution in [0.25, 0.3) is 0 Å². The van der Waals surface area contributed by atoms with Crippen LogP contribution in [0, 0.1) is 0 Å². The molecule has 0 fully saturated rings. The van der Waals surface area contributed by atoms with Crippen molar-refractivity contribution in [1.82, 2.24) is 5.32 Å². The Morgan fingerprint density at radius 2 is 1.72 bits per heavy atom. The Bertz CT molecular complexity index is 384. The molecule has 0 atom stereocenters. The van der Waals surface area contributed by atoms with Crippen molar-refractivity contribution in [2.45, 2.75) is 58.6 Å². The van der Waals surface area contributed by atoms with Crippen LogP contribution in [0.1, 0.15) is 47.5 Å². The lowest BCUT2D eigenvalue weighted by Crippen LogP contribution is -2.45. The van der Waals surface area contributed by atoms with Gasteiger partial charge in [-0.3, -0.25) is 0 Å². The van der Waals surface area contributed by atoms with E-state index in [4.69, 9.17) is 15.4 Å². The van der Waals surface area contributed by atoms with Gasteiger partial charge in [-0.25, -0.2) is 13.2 Å². The minimum atomic E-state index is -3.48. The van der Waals surface area contributed by atoms with Gasteiger partial charge in [-0.15, -0.1) is 0 Å². The summed E-state index contributed by atoms with van der Waals surface area (Å²) in [5.74, 6) is -0.103. The Morgan fingerprint density at radius 3 is 2.11 bits per heavy atom. The van der Waals surface area contributed by atoms with E-state index in [1.165, 1.54) is 0 Å². The Balaban J connectivity index is 4.19. The molecule has 0 unspecified atom stereocenters. The lowest BCUT2D eigenvalue weighted by molar-refractivity contribution is 0.0468. The zero-order valence-electron chi connectivity index (χ0n) is 11.5. The number of ether oxygens (including phenoxy) is 1. The van der Waals surface area contributed by atoms with E-state index in [0.29, 0.717) is 12.8 Å². The van der Waals surface area contributed by atoms with Gasteiger partial charge in [0.15, 0.2) is 0 Å². The van der Waals surface area contributed by atoms with Gasteiger partial charge in [0.25, 0.3) is 0 Å². The molecule has 7 heteroatoms. The number of hydrogen-bond donors (Lipinski definition) is 1. The van der Waals surface area contributed by atoms with Crippen molar-refractivity contribution >= 4 is 25.8 Å². The van der Waals surface area contributed by atoms with Gasteiger partial charge in [-0.05, 0) is 47.5 Å². The van der Waals surface area contributed by atoms with Crippen molar-refractivity contribution in [3.63, 3.8) is 0 Å². The van der Waals surface area contributed by atoms with Gasteiger partial charge in [0, 0.05) is 16.2 Å². The third-order valence-electron chi connectivity index (χ3n) is 2.03. The predicted octanol–water partition coefficient (Wildman–Crippen LogP) is 2.64. The summed E-state index contributed by atoms with van der Waals surface area (Å²) in [6.45, 7) is 8.94. The molecule has 0 aromatic carbocycles. The van der Waals surface area contributed by atoms with Crippen LogP contribution < -0.4 is 5.32 Å². The smallest absolute Gasteiger partial charge is 0.408 e. The number of halogens is 1. The second kappa shape index (κ2) is 6.10. The van der Waals surface area contributed by atoms with Crippen LogP contribution in [0.3, 0.4) is 0 Å². The molecule has 1 amide bonds. The molecule has 1 N–H and O–H groups in total. The molecule has 0 saturated carbocycles. The highest BCUT2D eigenvalue weighted by molar-refractivity contribution is 8.13. The summed E-state index contributed by atoms with van der Waals surface area (Å²) in [6, 6.07) is 0. The van der Waals surface area contributed by atoms with E-state index < -0.39 is 26.3 Å². The summed E-state index contributed by atoms with van der Waals surface area (Å²) in [5, 5.41) is 2.70. The lowest BCUT2D eigenvalue weighted by atomic mass is 9.99. The van der Waals surface area contributed by atoms with E-state index in [9.17, 15) is 13.2 Å². The van der Waals surface area contributed by atoms with E-state index in [1.54, 1.807) is 34.6 Å². The van der Waals surface area contributed by atoms with Gasteiger partial charge in [0.2, 0.25) is 9.05 Å². The third kappa shape index (κ3) is 10.7. The van der Waals surface area contributed by atoms with Crippen LogP contribution >= 0.6 is 10.7 Å². The quantitative estimate of drug-likeness (QED) is 0.792. The largest absolute Gasteiger partial charge is 0.444 e. The molecular weight excluding hydrogens is 278 g/mol. The Morgan fingerprint density at radius 1 is 1.22 bits per heavy atom. The molecule has 0 radical (unpaired) electrons. The molecule has 0 aliphatic heterocycles. The standard InChI is InChI=1S/C11H22ClNO4S/c1-10(2,3)17-9(14)13-11(4,5)7-6-8-18(12,15)16/h6-8H2,1-5H3,(H,13,14). The lowest BCUT2D eigenvalue weighted by Gasteiger charge is -2.28. The van der Waals surface area contributed by atoms with Crippen LogP contribution in [-0.4, -0.2) is 31.4 Å². The molecule has 0 aromatic heterocycles. The van der Waals surface area contributed by atoms with Crippen LogP contribution in [0.15, 0.2) is 0 Å². The number of carbonyl (C=O) groups excluding carboxylic acids is 1. The summed E-state index contributed by atoms with van der Waals surface area (Å²) in [6.07, 6.45) is 0.369. The van der Waals surface area contributed by atoms with Gasteiger partial charge in [-0.1, -0.05) is 0 Å². The minimum absolute atomic E-state index is 0.103. The van der Waals surface area contributed by atoms with Crippen LogP contribution in [0.2, 0.25) is 0 Å². The van der Waals surface area contributed by atoms with Crippen molar-refractivity contribution in [2.24, 2.45) is 0 Å². The second-order valence-electron chi connectivity index (χ2n) is 5.86. The number of carbonyl (C=O) groups is 1. The first-order valence-electron chi connectivity index (χ1n) is 5.74. The highest BCUT2D eigenvalue weighted by Gasteiger charge is 2.24. The molecule has 0 aromatic rings. The molecule has 108 valence electrons. The van der Waals surface area contributed by atoms with Crippen molar-refractivity contribution in [1.29, 1.82) is 0 Å². The zero-order valence-corrected chi connectivity index (χ0v) is 13.1. The number of hydrogen-bond acceptors (Lipinski definition) is 4. The topological polar surface area (TPSA) is 72.5 Å². The second-order valence-corrected chi connectivity index (χ2v) is 8.75. The molecule has 0 bridgehead atoms. The number of nitrogens with one attached hydrogen (secondary N) is 1. The van der Waals surface area contributed by atoms with Gasteiger partial charge in [0.05, 0.1) is 5.75 Å². The highest BCUT2D eigenvalue weighted by Crippen LogP contribution is 2.15. The summed E-state index contributed by atoms with van der Waals surface area (Å²) in [7, 11) is 1.64. The molecule has 18 heavy (non-hydrogen) atoms. The average Bonchev–Trinajstić information content (AvgIpc) is 1.93. The maximum atomic E-state index is 11.6. The SMILES string of the molecule is CC(C)(CCCS(=O)(=O)Cl)NC(=O)OC(C)(C)C. The normalized spacial score (nSPS) is 13.2. The molecule has 0 rings (SSSR count). The Hall–Kier alpha value is -0.490. The van der Waals surface area contributed by atoms with Crippen LogP contribution in [0.4, 0.5) is 4.79 Å². The molecule has 0 spiro atoms. The summed E-state index contributed by atoms with van der Waals surface area (Å²) in [4.78, 5) is 11.6. The number of alkyl carbamates (subject to hydrolysis) is 1. The van der Waals surface area contributed by atoms with Crippen LogP contribution in [-0.2, 0) is 13.8 Å². The fraction of sp³-hybridized carbons (Fsp3) is 0.909. The van der Waals surface area contributed by atoms with Crippen molar-refractivity contribution in [3.05, 3.63) is 0 Å². The number of amides is 1.